The van der Waals surface area contributed by atoms with Crippen molar-refractivity contribution >= 4 is 22.2 Å². The van der Waals surface area contributed by atoms with Crippen molar-refractivity contribution in [2.24, 2.45) is 0 Å². The van der Waals surface area contributed by atoms with Crippen molar-refractivity contribution in [1.29, 1.82) is 5.26 Å². The molecule has 0 saturated heterocycles. The fraction of sp³-hybridized carbons (Fsp3) is 0.273. The number of halogens is 2. The molecular weight excluding hydrogens is 261 g/mol. The Labute approximate surface area is 95.8 Å². The molecule has 0 saturated carbocycles. The molecule has 2 nitrogen and oxygen atoms in total. The SMILES string of the molecule is CC(C)(C#N)c1cc(F)c(C=O)c(Br)c1. The molecule has 0 aliphatic carbocycles. The first kappa shape index (κ1) is 11.9. The van der Waals surface area contributed by atoms with Crippen LogP contribution in [0.25, 0.3) is 0 Å². The van der Waals surface area contributed by atoms with Crippen molar-refractivity contribution < 1.29 is 9.18 Å². The molecule has 0 radical (unpaired) electrons. The molecule has 1 rings (SSSR count). The number of carbonyl (C=O) groups is 1. The molecule has 4 heteroatoms. The van der Waals surface area contributed by atoms with Crippen molar-refractivity contribution in [3.8, 4) is 6.07 Å². The molecule has 78 valence electrons. The summed E-state index contributed by atoms with van der Waals surface area (Å²) < 4.78 is 13.8. The van der Waals surface area contributed by atoms with Gasteiger partial charge in [-0.1, -0.05) is 0 Å². The van der Waals surface area contributed by atoms with Crippen LogP contribution < -0.4 is 0 Å². The maximum absolute atomic E-state index is 13.4. The van der Waals surface area contributed by atoms with Crippen LogP contribution in [-0.2, 0) is 5.41 Å². The van der Waals surface area contributed by atoms with E-state index in [9.17, 15) is 9.18 Å². The fourth-order valence-electron chi connectivity index (χ4n) is 1.12. The van der Waals surface area contributed by atoms with Gasteiger partial charge in [0.15, 0.2) is 6.29 Å². The number of nitriles is 1. The maximum Gasteiger partial charge on any atom is 0.154 e. The van der Waals surface area contributed by atoms with Crippen LogP contribution in [0.15, 0.2) is 16.6 Å². The molecule has 0 unspecified atom stereocenters. The van der Waals surface area contributed by atoms with Gasteiger partial charge in [-0.3, -0.25) is 4.79 Å². The fourth-order valence-corrected chi connectivity index (χ4v) is 1.65. The van der Waals surface area contributed by atoms with Gasteiger partial charge in [-0.15, -0.1) is 0 Å². The average Bonchev–Trinajstić information content (AvgIpc) is 2.17. The van der Waals surface area contributed by atoms with Gasteiger partial charge in [-0.05, 0) is 47.5 Å². The summed E-state index contributed by atoms with van der Waals surface area (Å²) in [5, 5.41) is 8.90. The Morgan fingerprint density at radius 2 is 2.13 bits per heavy atom. The van der Waals surface area contributed by atoms with Crippen LogP contribution in [0.5, 0.6) is 0 Å². The van der Waals surface area contributed by atoms with Gasteiger partial charge >= 0.3 is 0 Å². The number of rotatable bonds is 2. The Hall–Kier alpha value is -1.21. The summed E-state index contributed by atoms with van der Waals surface area (Å²) in [7, 11) is 0. The van der Waals surface area contributed by atoms with Crippen molar-refractivity contribution in [1.82, 2.24) is 0 Å². The number of aldehydes is 1. The molecular formula is C11H9BrFNO. The monoisotopic (exact) mass is 269 g/mol. The van der Waals surface area contributed by atoms with Gasteiger partial charge in [0.25, 0.3) is 0 Å². The summed E-state index contributed by atoms with van der Waals surface area (Å²) in [6.07, 6.45) is 0.447. The lowest BCUT2D eigenvalue weighted by molar-refractivity contribution is 0.111. The minimum atomic E-state index is -0.773. The van der Waals surface area contributed by atoms with E-state index in [0.29, 0.717) is 16.3 Å². The van der Waals surface area contributed by atoms with E-state index in [2.05, 4.69) is 22.0 Å². The molecule has 0 spiro atoms. The third-order valence-corrected chi connectivity index (χ3v) is 2.85. The molecule has 0 fully saturated rings. The number of hydrogen-bond acceptors (Lipinski definition) is 2. The summed E-state index contributed by atoms with van der Waals surface area (Å²) in [5.74, 6) is -0.613. The standard InChI is InChI=1S/C11H9BrFNO/c1-11(2,6-14)7-3-9(12)8(5-15)10(13)4-7/h3-5H,1-2H3. The summed E-state index contributed by atoms with van der Waals surface area (Å²) in [4.78, 5) is 10.5. The topological polar surface area (TPSA) is 40.9 Å². The van der Waals surface area contributed by atoms with Gasteiger partial charge in [0, 0.05) is 4.47 Å². The molecule has 0 atom stereocenters. The van der Waals surface area contributed by atoms with E-state index in [-0.39, 0.29) is 5.56 Å². The first-order valence-electron chi connectivity index (χ1n) is 4.28. The van der Waals surface area contributed by atoms with E-state index in [4.69, 9.17) is 5.26 Å². The maximum atomic E-state index is 13.4. The van der Waals surface area contributed by atoms with Crippen LogP contribution in [0, 0.1) is 17.1 Å². The Morgan fingerprint density at radius 3 is 2.53 bits per heavy atom. The highest BCUT2D eigenvalue weighted by Gasteiger charge is 2.22. The highest BCUT2D eigenvalue weighted by atomic mass is 79.9. The van der Waals surface area contributed by atoms with Gasteiger partial charge < -0.3 is 0 Å². The third-order valence-electron chi connectivity index (χ3n) is 2.20. The largest absolute Gasteiger partial charge is 0.298 e. The Morgan fingerprint density at radius 1 is 1.53 bits per heavy atom. The molecule has 0 aliphatic rings. The predicted molar refractivity (Wildman–Crippen MR) is 58.1 cm³/mol. The highest BCUT2D eigenvalue weighted by Crippen LogP contribution is 2.28. The van der Waals surface area contributed by atoms with Gasteiger partial charge in [0.2, 0.25) is 0 Å². The normalized spacial score (nSPS) is 10.9. The van der Waals surface area contributed by atoms with Crippen molar-refractivity contribution in [2.75, 3.05) is 0 Å². The number of nitrogens with zero attached hydrogens (tertiary/aromatic N) is 1. The molecule has 0 aliphatic heterocycles. The van der Waals surface area contributed by atoms with Crippen LogP contribution in [0.1, 0.15) is 29.8 Å². The summed E-state index contributed by atoms with van der Waals surface area (Å²) >= 11 is 3.10. The Bertz CT molecular complexity index is 425. The van der Waals surface area contributed by atoms with E-state index in [1.165, 1.54) is 6.07 Å². The minimum absolute atomic E-state index is 0.0208. The lowest BCUT2D eigenvalue weighted by atomic mass is 9.86. The quantitative estimate of drug-likeness (QED) is 0.774. The second kappa shape index (κ2) is 4.11. The van der Waals surface area contributed by atoms with Crippen LogP contribution in [0.2, 0.25) is 0 Å². The molecule has 0 amide bonds. The lowest BCUT2D eigenvalue weighted by Gasteiger charge is -2.16. The molecule has 0 N–H and O–H groups in total. The molecule has 0 bridgehead atoms. The highest BCUT2D eigenvalue weighted by molar-refractivity contribution is 9.10. The van der Waals surface area contributed by atoms with Crippen LogP contribution >= 0.6 is 15.9 Å². The second-order valence-corrected chi connectivity index (χ2v) is 4.56. The molecule has 15 heavy (non-hydrogen) atoms. The van der Waals surface area contributed by atoms with Crippen molar-refractivity contribution in [3.05, 3.63) is 33.5 Å². The summed E-state index contributed by atoms with van der Waals surface area (Å²) in [6.45, 7) is 3.38. The van der Waals surface area contributed by atoms with Crippen molar-refractivity contribution in [3.63, 3.8) is 0 Å². The zero-order chi connectivity index (χ0) is 11.6. The first-order chi connectivity index (χ1) is 6.92. The van der Waals surface area contributed by atoms with Gasteiger partial charge in [-0.25, -0.2) is 4.39 Å². The van der Waals surface area contributed by atoms with Gasteiger partial charge in [0.05, 0.1) is 17.0 Å². The van der Waals surface area contributed by atoms with Gasteiger partial charge in [-0.2, -0.15) is 5.26 Å². The zero-order valence-corrected chi connectivity index (χ0v) is 9.93. The molecule has 1 aromatic rings. The second-order valence-electron chi connectivity index (χ2n) is 3.71. The average molecular weight is 270 g/mol. The van der Waals surface area contributed by atoms with Crippen LogP contribution in [-0.4, -0.2) is 6.29 Å². The first-order valence-corrected chi connectivity index (χ1v) is 5.07. The Kier molecular flexibility index (Phi) is 3.25. The molecule has 0 aromatic heterocycles. The van der Waals surface area contributed by atoms with E-state index < -0.39 is 11.2 Å². The van der Waals surface area contributed by atoms with Crippen LogP contribution in [0.4, 0.5) is 4.39 Å². The van der Waals surface area contributed by atoms with Crippen LogP contribution in [0.3, 0.4) is 0 Å². The smallest absolute Gasteiger partial charge is 0.154 e. The lowest BCUT2D eigenvalue weighted by Crippen LogP contribution is -2.14. The number of hydrogen-bond donors (Lipinski definition) is 0. The molecule has 1 aromatic carbocycles. The predicted octanol–water partition coefficient (Wildman–Crippen LogP) is 3.20. The van der Waals surface area contributed by atoms with E-state index in [1.807, 2.05) is 0 Å². The summed E-state index contributed by atoms with van der Waals surface area (Å²) in [6, 6.07) is 4.89. The summed E-state index contributed by atoms with van der Waals surface area (Å²) in [5.41, 5.74) is -0.252. The third kappa shape index (κ3) is 2.24. The van der Waals surface area contributed by atoms with E-state index in [0.717, 1.165) is 0 Å². The van der Waals surface area contributed by atoms with E-state index >= 15 is 0 Å². The minimum Gasteiger partial charge on any atom is -0.298 e. The number of benzene rings is 1. The van der Waals surface area contributed by atoms with Gasteiger partial charge in [0.1, 0.15) is 5.82 Å². The zero-order valence-electron chi connectivity index (χ0n) is 8.34. The van der Waals surface area contributed by atoms with E-state index in [1.54, 1.807) is 19.9 Å². The number of carbonyl (C=O) groups excluding carboxylic acids is 1. The Balaban J connectivity index is 3.40. The van der Waals surface area contributed by atoms with Crippen molar-refractivity contribution in [2.45, 2.75) is 19.3 Å². The molecule has 0 heterocycles.